The van der Waals surface area contributed by atoms with E-state index in [1.165, 1.54) is 11.3 Å². The highest BCUT2D eigenvalue weighted by molar-refractivity contribution is 7.14. The van der Waals surface area contributed by atoms with Gasteiger partial charge in [-0.2, -0.15) is 0 Å². The average molecular weight is 288 g/mol. The molecule has 1 aliphatic heterocycles. The van der Waals surface area contributed by atoms with Gasteiger partial charge in [-0.25, -0.2) is 4.79 Å². The number of fused-ring (bicyclic) bond motifs is 1. The second-order valence-electron chi connectivity index (χ2n) is 4.58. The third kappa shape index (κ3) is 2.30. The molecule has 6 heteroatoms. The number of carboxylic acid groups (broad SMARTS) is 1. The Labute approximate surface area is 119 Å². The Balaban J connectivity index is 1.82. The van der Waals surface area contributed by atoms with E-state index in [4.69, 9.17) is 5.11 Å². The van der Waals surface area contributed by atoms with Crippen LogP contribution in [0.2, 0.25) is 0 Å². The molecular weight excluding hydrogens is 276 g/mol. The third-order valence-corrected chi connectivity index (χ3v) is 4.52. The molecule has 0 unspecified atom stereocenters. The summed E-state index contributed by atoms with van der Waals surface area (Å²) in [5, 5.41) is 9.01. The molecule has 0 saturated carbocycles. The van der Waals surface area contributed by atoms with Crippen LogP contribution in [0, 0.1) is 0 Å². The van der Waals surface area contributed by atoms with Gasteiger partial charge in [-0.05, 0) is 30.2 Å². The lowest BCUT2D eigenvalue weighted by Crippen LogP contribution is -2.35. The van der Waals surface area contributed by atoms with Gasteiger partial charge in [-0.15, -0.1) is 11.3 Å². The van der Waals surface area contributed by atoms with Crippen LogP contribution in [0.4, 0.5) is 0 Å². The van der Waals surface area contributed by atoms with Crippen molar-refractivity contribution in [3.05, 3.63) is 51.5 Å². The van der Waals surface area contributed by atoms with E-state index in [-0.39, 0.29) is 5.91 Å². The number of nitrogens with zero attached hydrogens (tertiary/aromatic N) is 2. The van der Waals surface area contributed by atoms with Crippen molar-refractivity contribution in [3.8, 4) is 0 Å². The number of pyridine rings is 1. The fourth-order valence-electron chi connectivity index (χ4n) is 2.29. The molecule has 3 heterocycles. The first kappa shape index (κ1) is 12.8. The maximum atomic E-state index is 12.3. The molecule has 0 atom stereocenters. The Hall–Kier alpha value is -2.21. The van der Waals surface area contributed by atoms with Crippen LogP contribution in [0.5, 0.6) is 0 Å². The molecule has 0 saturated heterocycles. The Morgan fingerprint density at radius 1 is 1.30 bits per heavy atom. The standard InChI is InChI=1S/C14H12N2O3S/c17-13(9-1-4-15-5-2-9)16-6-3-11-10(8-16)7-12(20-11)14(18)19/h1-2,4-5,7H,3,6,8H2,(H,18,19). The highest BCUT2D eigenvalue weighted by Gasteiger charge is 2.24. The molecule has 2 aromatic rings. The fraction of sp³-hybridized carbons (Fsp3) is 0.214. The molecule has 0 bridgehead atoms. The minimum absolute atomic E-state index is 0.0406. The number of aromatic carboxylic acids is 1. The van der Waals surface area contributed by atoms with E-state index < -0.39 is 5.97 Å². The molecule has 0 radical (unpaired) electrons. The van der Waals surface area contributed by atoms with Crippen molar-refractivity contribution in [2.75, 3.05) is 6.54 Å². The van der Waals surface area contributed by atoms with Gasteiger partial charge in [-0.1, -0.05) is 0 Å². The SMILES string of the molecule is O=C(O)c1cc2c(s1)CCN(C(=O)c1ccncc1)C2. The van der Waals surface area contributed by atoms with E-state index in [1.807, 2.05) is 0 Å². The molecule has 0 spiro atoms. The first-order valence-corrected chi connectivity index (χ1v) is 7.01. The molecule has 0 aliphatic carbocycles. The van der Waals surface area contributed by atoms with Crippen LogP contribution >= 0.6 is 11.3 Å². The first-order valence-electron chi connectivity index (χ1n) is 6.19. The Bertz CT molecular complexity index is 666. The van der Waals surface area contributed by atoms with E-state index in [0.29, 0.717) is 30.0 Å². The Morgan fingerprint density at radius 2 is 2.05 bits per heavy atom. The van der Waals surface area contributed by atoms with Crippen molar-refractivity contribution in [2.24, 2.45) is 0 Å². The molecule has 2 aromatic heterocycles. The van der Waals surface area contributed by atoms with Crippen LogP contribution in [0.15, 0.2) is 30.6 Å². The lowest BCUT2D eigenvalue weighted by molar-refractivity contribution is 0.0701. The number of carbonyl (C=O) groups is 2. The largest absolute Gasteiger partial charge is 0.477 e. The van der Waals surface area contributed by atoms with E-state index in [1.54, 1.807) is 35.5 Å². The lowest BCUT2D eigenvalue weighted by Gasteiger charge is -2.26. The topological polar surface area (TPSA) is 70.5 Å². The van der Waals surface area contributed by atoms with Gasteiger partial charge in [0.1, 0.15) is 4.88 Å². The summed E-state index contributed by atoms with van der Waals surface area (Å²) in [7, 11) is 0. The molecule has 0 fully saturated rings. The van der Waals surface area contributed by atoms with Crippen molar-refractivity contribution in [1.29, 1.82) is 0 Å². The second kappa shape index (κ2) is 5.05. The summed E-state index contributed by atoms with van der Waals surface area (Å²) in [5.74, 6) is -0.947. The number of hydrogen-bond acceptors (Lipinski definition) is 4. The van der Waals surface area contributed by atoms with Gasteiger partial charge in [0.2, 0.25) is 0 Å². The molecular formula is C14H12N2O3S. The van der Waals surface area contributed by atoms with Crippen molar-refractivity contribution in [3.63, 3.8) is 0 Å². The Kier molecular flexibility index (Phi) is 3.23. The van der Waals surface area contributed by atoms with Crippen molar-refractivity contribution < 1.29 is 14.7 Å². The van der Waals surface area contributed by atoms with Crippen LogP contribution in [0.25, 0.3) is 0 Å². The Morgan fingerprint density at radius 3 is 2.75 bits per heavy atom. The predicted molar refractivity (Wildman–Crippen MR) is 74.0 cm³/mol. The summed E-state index contributed by atoms with van der Waals surface area (Å²) < 4.78 is 0. The molecule has 5 nitrogen and oxygen atoms in total. The summed E-state index contributed by atoms with van der Waals surface area (Å²) in [4.78, 5) is 30.4. The molecule has 1 N–H and O–H groups in total. The number of rotatable bonds is 2. The number of aromatic nitrogens is 1. The third-order valence-electron chi connectivity index (χ3n) is 3.29. The van der Waals surface area contributed by atoms with E-state index in [9.17, 15) is 9.59 Å². The smallest absolute Gasteiger partial charge is 0.345 e. The summed E-state index contributed by atoms with van der Waals surface area (Å²) in [6.45, 7) is 1.09. The lowest BCUT2D eigenvalue weighted by atomic mass is 10.1. The van der Waals surface area contributed by atoms with Crippen LogP contribution in [0.3, 0.4) is 0 Å². The highest BCUT2D eigenvalue weighted by atomic mass is 32.1. The van der Waals surface area contributed by atoms with Crippen LogP contribution in [-0.4, -0.2) is 33.4 Å². The van der Waals surface area contributed by atoms with Crippen molar-refractivity contribution in [2.45, 2.75) is 13.0 Å². The second-order valence-corrected chi connectivity index (χ2v) is 5.71. The van der Waals surface area contributed by atoms with Crippen LogP contribution in [-0.2, 0) is 13.0 Å². The van der Waals surface area contributed by atoms with E-state index in [2.05, 4.69) is 4.98 Å². The van der Waals surface area contributed by atoms with Gasteiger partial charge < -0.3 is 10.0 Å². The summed E-state index contributed by atoms with van der Waals surface area (Å²) in [5.41, 5.74) is 1.55. The summed E-state index contributed by atoms with van der Waals surface area (Å²) in [6.07, 6.45) is 3.90. The van der Waals surface area contributed by atoms with E-state index >= 15 is 0 Å². The summed E-state index contributed by atoms with van der Waals surface area (Å²) >= 11 is 1.31. The van der Waals surface area contributed by atoms with Crippen molar-refractivity contribution in [1.82, 2.24) is 9.88 Å². The van der Waals surface area contributed by atoms with Gasteiger partial charge in [0.25, 0.3) is 5.91 Å². The zero-order valence-electron chi connectivity index (χ0n) is 10.6. The monoisotopic (exact) mass is 288 g/mol. The number of carboxylic acids is 1. The molecule has 0 aromatic carbocycles. The number of hydrogen-bond donors (Lipinski definition) is 1. The molecule has 20 heavy (non-hydrogen) atoms. The molecule has 102 valence electrons. The predicted octanol–water partition coefficient (Wildman–Crippen LogP) is 2.04. The van der Waals surface area contributed by atoms with Gasteiger partial charge in [0.15, 0.2) is 0 Å². The zero-order chi connectivity index (χ0) is 14.1. The average Bonchev–Trinajstić information content (AvgIpc) is 2.90. The molecule has 1 amide bonds. The first-order chi connectivity index (χ1) is 9.65. The minimum Gasteiger partial charge on any atom is -0.477 e. The van der Waals surface area contributed by atoms with Gasteiger partial charge in [0.05, 0.1) is 0 Å². The van der Waals surface area contributed by atoms with Gasteiger partial charge in [0, 0.05) is 35.9 Å². The number of thiophene rings is 1. The highest BCUT2D eigenvalue weighted by Crippen LogP contribution is 2.28. The molecule has 3 rings (SSSR count). The fourth-order valence-corrected chi connectivity index (χ4v) is 3.29. The van der Waals surface area contributed by atoms with E-state index in [0.717, 1.165) is 10.4 Å². The van der Waals surface area contributed by atoms with Gasteiger partial charge in [-0.3, -0.25) is 9.78 Å². The van der Waals surface area contributed by atoms with Gasteiger partial charge >= 0.3 is 5.97 Å². The van der Waals surface area contributed by atoms with Crippen LogP contribution < -0.4 is 0 Å². The number of amides is 1. The maximum absolute atomic E-state index is 12.3. The maximum Gasteiger partial charge on any atom is 0.345 e. The zero-order valence-corrected chi connectivity index (χ0v) is 11.4. The van der Waals surface area contributed by atoms with Crippen LogP contribution in [0.1, 0.15) is 30.5 Å². The minimum atomic E-state index is -0.906. The molecule has 1 aliphatic rings. The number of carbonyl (C=O) groups excluding carboxylic acids is 1. The quantitative estimate of drug-likeness (QED) is 0.918. The summed E-state index contributed by atoms with van der Waals surface area (Å²) in [6, 6.07) is 5.05. The van der Waals surface area contributed by atoms with Crippen molar-refractivity contribution >= 4 is 23.2 Å². The normalized spacial score (nSPS) is 13.9.